The Bertz CT molecular complexity index is 1160. The highest BCUT2D eigenvalue weighted by Gasteiger charge is 2.40. The Morgan fingerprint density at radius 3 is 2.68 bits per heavy atom. The van der Waals surface area contributed by atoms with E-state index in [9.17, 15) is 4.79 Å². The number of rotatable bonds is 5. The second-order valence-corrected chi connectivity index (χ2v) is 8.62. The molecule has 0 saturated heterocycles. The lowest BCUT2D eigenvalue weighted by molar-refractivity contribution is -0.0189. The van der Waals surface area contributed by atoms with Crippen LogP contribution in [0.5, 0.6) is 5.88 Å². The number of aromatic nitrogens is 3. The number of carbonyl (C=O) groups is 1. The molecule has 4 heterocycles. The average Bonchev–Trinajstić information content (AvgIpc) is 2.75. The van der Waals surface area contributed by atoms with E-state index in [1.807, 2.05) is 33.0 Å². The molecule has 31 heavy (non-hydrogen) atoms. The number of nitrogens with one attached hydrogen (secondary N) is 1. The summed E-state index contributed by atoms with van der Waals surface area (Å²) >= 11 is 0. The van der Waals surface area contributed by atoms with E-state index in [2.05, 4.69) is 29.1 Å². The van der Waals surface area contributed by atoms with Gasteiger partial charge in [0.25, 0.3) is 0 Å². The summed E-state index contributed by atoms with van der Waals surface area (Å²) in [5, 5.41) is 5.22. The zero-order chi connectivity index (χ0) is 22.3. The fourth-order valence-electron chi connectivity index (χ4n) is 3.87. The van der Waals surface area contributed by atoms with Crippen LogP contribution >= 0.6 is 0 Å². The van der Waals surface area contributed by atoms with Crippen molar-refractivity contribution in [2.24, 2.45) is 0 Å². The summed E-state index contributed by atoms with van der Waals surface area (Å²) in [7, 11) is 1.61. The number of cyclic esters (lactones) is 1. The van der Waals surface area contributed by atoms with Gasteiger partial charge < -0.3 is 14.8 Å². The number of methoxy groups -OCH3 is 1. The van der Waals surface area contributed by atoms with Gasteiger partial charge in [0.05, 0.1) is 23.8 Å². The summed E-state index contributed by atoms with van der Waals surface area (Å²) in [5.74, 6) is 1.85. The first kappa shape index (κ1) is 21.0. The Kier molecular flexibility index (Phi) is 5.29. The molecule has 0 aliphatic carbocycles. The molecule has 0 spiro atoms. The minimum atomic E-state index is -0.606. The first-order chi connectivity index (χ1) is 14.7. The van der Waals surface area contributed by atoms with E-state index >= 15 is 0 Å². The molecule has 0 amide bonds. The van der Waals surface area contributed by atoms with Crippen molar-refractivity contribution in [2.45, 2.75) is 58.5 Å². The number of hydrogen-bond acceptors (Lipinski definition) is 7. The SMILES string of the molecule is CC[C@@H](C)c1cnc(OC)c2cnc(Nc3ccc4c(n3)C(C)C(C)(C)OC4=O)cc12. The Labute approximate surface area is 182 Å². The average molecular weight is 421 g/mol. The number of ether oxygens (including phenoxy) is 2. The topological polar surface area (TPSA) is 86.2 Å². The zero-order valence-electron chi connectivity index (χ0n) is 18.8. The van der Waals surface area contributed by atoms with Gasteiger partial charge in [0.2, 0.25) is 5.88 Å². The maximum Gasteiger partial charge on any atom is 0.340 e. The molecule has 1 aliphatic rings. The van der Waals surface area contributed by atoms with Crippen LogP contribution in [-0.4, -0.2) is 33.6 Å². The van der Waals surface area contributed by atoms with Crippen LogP contribution in [-0.2, 0) is 4.74 Å². The van der Waals surface area contributed by atoms with Crippen LogP contribution in [0, 0.1) is 0 Å². The van der Waals surface area contributed by atoms with Gasteiger partial charge in [-0.25, -0.2) is 19.7 Å². The molecule has 3 aromatic heterocycles. The fourth-order valence-corrected chi connectivity index (χ4v) is 3.87. The van der Waals surface area contributed by atoms with Crippen LogP contribution in [0.4, 0.5) is 11.6 Å². The lowest BCUT2D eigenvalue weighted by atomic mass is 9.84. The second-order valence-electron chi connectivity index (χ2n) is 8.62. The minimum Gasteiger partial charge on any atom is -0.481 e. The van der Waals surface area contributed by atoms with Crippen molar-refractivity contribution >= 4 is 28.4 Å². The van der Waals surface area contributed by atoms with Gasteiger partial charge >= 0.3 is 5.97 Å². The largest absolute Gasteiger partial charge is 0.481 e. The number of nitrogens with zero attached hydrogens (tertiary/aromatic N) is 3. The van der Waals surface area contributed by atoms with E-state index in [1.54, 1.807) is 25.4 Å². The van der Waals surface area contributed by atoms with Gasteiger partial charge in [0, 0.05) is 18.3 Å². The molecule has 0 saturated carbocycles. The summed E-state index contributed by atoms with van der Waals surface area (Å²) < 4.78 is 11.0. The summed E-state index contributed by atoms with van der Waals surface area (Å²) in [4.78, 5) is 26.1. The summed E-state index contributed by atoms with van der Waals surface area (Å²) in [6, 6.07) is 5.54. The lowest BCUT2D eigenvalue weighted by Crippen LogP contribution is -2.39. The third kappa shape index (κ3) is 3.69. The van der Waals surface area contributed by atoms with Crippen molar-refractivity contribution < 1.29 is 14.3 Å². The van der Waals surface area contributed by atoms with Crippen molar-refractivity contribution in [3.63, 3.8) is 0 Å². The van der Waals surface area contributed by atoms with E-state index in [0.29, 0.717) is 29.0 Å². The molecule has 3 aromatic rings. The predicted octanol–water partition coefficient (Wildman–Crippen LogP) is 5.34. The third-order valence-electron chi connectivity index (χ3n) is 6.31. The molecule has 1 unspecified atom stereocenters. The molecular weight excluding hydrogens is 392 g/mol. The highest BCUT2D eigenvalue weighted by molar-refractivity contribution is 5.93. The molecule has 1 N–H and O–H groups in total. The van der Waals surface area contributed by atoms with Crippen molar-refractivity contribution in [1.82, 2.24) is 15.0 Å². The molecule has 0 fully saturated rings. The van der Waals surface area contributed by atoms with Gasteiger partial charge in [-0.15, -0.1) is 0 Å². The molecular formula is C24H28N4O3. The molecule has 7 nitrogen and oxygen atoms in total. The van der Waals surface area contributed by atoms with E-state index < -0.39 is 5.60 Å². The standard InChI is InChI=1S/C24H28N4O3/c1-7-13(2)17-11-26-22(30-6)18-12-25-20(10-16(17)18)27-19-9-8-15-21(28-19)14(3)24(4,5)31-23(15)29/h8-14H,7H2,1-6H3,(H,25,27,28)/t13-,14?/m1/s1. The molecule has 0 aromatic carbocycles. The summed E-state index contributed by atoms with van der Waals surface area (Å²) in [6.07, 6.45) is 4.66. The van der Waals surface area contributed by atoms with Crippen LogP contribution < -0.4 is 10.1 Å². The maximum atomic E-state index is 12.3. The molecule has 0 bridgehead atoms. The van der Waals surface area contributed by atoms with Gasteiger partial charge in [-0.05, 0) is 55.3 Å². The first-order valence-electron chi connectivity index (χ1n) is 10.6. The van der Waals surface area contributed by atoms with Crippen molar-refractivity contribution in [1.29, 1.82) is 0 Å². The number of carbonyl (C=O) groups excluding carboxylic acids is 1. The number of hydrogen-bond donors (Lipinski definition) is 1. The van der Waals surface area contributed by atoms with Crippen molar-refractivity contribution in [3.8, 4) is 5.88 Å². The van der Waals surface area contributed by atoms with Gasteiger partial charge in [-0.1, -0.05) is 20.8 Å². The van der Waals surface area contributed by atoms with Gasteiger partial charge in [-0.3, -0.25) is 0 Å². The van der Waals surface area contributed by atoms with Crippen LogP contribution in [0.1, 0.15) is 74.5 Å². The minimum absolute atomic E-state index is 0.0288. The number of fused-ring (bicyclic) bond motifs is 2. The quantitative estimate of drug-likeness (QED) is 0.557. The van der Waals surface area contributed by atoms with E-state index in [0.717, 1.165) is 28.5 Å². The van der Waals surface area contributed by atoms with Crippen LogP contribution in [0.2, 0.25) is 0 Å². The molecule has 162 valence electrons. The molecule has 0 radical (unpaired) electrons. The molecule has 1 aliphatic heterocycles. The highest BCUT2D eigenvalue weighted by Crippen LogP contribution is 2.38. The Balaban J connectivity index is 1.74. The summed E-state index contributed by atoms with van der Waals surface area (Å²) in [6.45, 7) is 10.2. The van der Waals surface area contributed by atoms with Crippen molar-refractivity contribution in [3.05, 3.63) is 47.4 Å². The van der Waals surface area contributed by atoms with Crippen LogP contribution in [0.25, 0.3) is 10.8 Å². The Hall–Kier alpha value is -3.22. The van der Waals surface area contributed by atoms with E-state index in [-0.39, 0.29) is 11.9 Å². The van der Waals surface area contributed by atoms with Gasteiger partial charge in [0.1, 0.15) is 17.2 Å². The van der Waals surface area contributed by atoms with Gasteiger partial charge in [0.15, 0.2) is 0 Å². The zero-order valence-corrected chi connectivity index (χ0v) is 18.8. The number of anilines is 2. The summed E-state index contributed by atoms with van der Waals surface area (Å²) in [5.41, 5.74) is 1.79. The van der Waals surface area contributed by atoms with Crippen LogP contribution in [0.15, 0.2) is 30.6 Å². The fraction of sp³-hybridized carbons (Fsp3) is 0.417. The second kappa shape index (κ2) is 7.80. The predicted molar refractivity (Wildman–Crippen MR) is 120 cm³/mol. The normalized spacial score (nSPS) is 18.3. The molecule has 7 heteroatoms. The van der Waals surface area contributed by atoms with Crippen molar-refractivity contribution in [2.75, 3.05) is 12.4 Å². The monoisotopic (exact) mass is 420 g/mol. The smallest absolute Gasteiger partial charge is 0.340 e. The highest BCUT2D eigenvalue weighted by atomic mass is 16.6. The molecule has 4 rings (SSSR count). The number of esters is 1. The Morgan fingerprint density at radius 1 is 1.19 bits per heavy atom. The lowest BCUT2D eigenvalue weighted by Gasteiger charge is -2.36. The maximum absolute atomic E-state index is 12.3. The molecule has 2 atom stereocenters. The number of pyridine rings is 3. The Morgan fingerprint density at radius 2 is 1.97 bits per heavy atom. The first-order valence-corrected chi connectivity index (χ1v) is 10.6. The van der Waals surface area contributed by atoms with E-state index in [1.165, 1.54) is 0 Å². The van der Waals surface area contributed by atoms with Gasteiger partial charge in [-0.2, -0.15) is 0 Å². The van der Waals surface area contributed by atoms with E-state index in [4.69, 9.17) is 14.5 Å². The third-order valence-corrected chi connectivity index (χ3v) is 6.31. The van der Waals surface area contributed by atoms with Crippen LogP contribution in [0.3, 0.4) is 0 Å².